The lowest BCUT2D eigenvalue weighted by molar-refractivity contribution is 0.599. The first-order chi connectivity index (χ1) is 6.25. The Balaban J connectivity index is 3.25. The fourth-order valence-corrected chi connectivity index (χ4v) is 3.32. The van der Waals surface area contributed by atoms with Crippen LogP contribution in [0.1, 0.15) is 0 Å². The second-order valence-corrected chi connectivity index (χ2v) is 13.3. The monoisotopic (exact) mass is 424 g/mol. The Hall–Kier alpha value is 0.900. The van der Waals surface area contributed by atoms with Gasteiger partial charge in [-0.3, -0.25) is 0 Å². The molecule has 0 saturated carbocycles. The van der Waals surface area contributed by atoms with Gasteiger partial charge in [-0.2, -0.15) is 0 Å². The SMILES string of the molecule is O=S(=O)(c1ccc(Cl)cc1)C(Br)(Br)Br. The first-order valence-electron chi connectivity index (χ1n) is 3.32. The van der Waals surface area contributed by atoms with E-state index in [9.17, 15) is 8.42 Å². The molecule has 0 radical (unpaired) electrons. The molecule has 0 atom stereocenters. The van der Waals surface area contributed by atoms with Crippen molar-refractivity contribution in [3.05, 3.63) is 29.3 Å². The van der Waals surface area contributed by atoms with Crippen LogP contribution in [0.25, 0.3) is 0 Å². The van der Waals surface area contributed by atoms with Crippen molar-refractivity contribution < 1.29 is 8.42 Å². The average Bonchev–Trinajstić information content (AvgIpc) is 2.03. The molecule has 0 saturated heterocycles. The first kappa shape index (κ1) is 13.0. The van der Waals surface area contributed by atoms with Crippen molar-refractivity contribution >= 4 is 69.2 Å². The summed E-state index contributed by atoms with van der Waals surface area (Å²) in [6, 6.07) is 5.92. The van der Waals surface area contributed by atoms with E-state index in [0.29, 0.717) is 5.02 Å². The molecule has 14 heavy (non-hydrogen) atoms. The van der Waals surface area contributed by atoms with Crippen LogP contribution in [0.3, 0.4) is 0 Å². The van der Waals surface area contributed by atoms with Crippen LogP contribution in [0.5, 0.6) is 0 Å². The maximum absolute atomic E-state index is 11.8. The van der Waals surface area contributed by atoms with Crippen molar-refractivity contribution in [2.75, 3.05) is 0 Å². The summed E-state index contributed by atoms with van der Waals surface area (Å²) < 4.78 is 22.2. The largest absolute Gasteiger partial charge is 0.239 e. The van der Waals surface area contributed by atoms with Crippen molar-refractivity contribution in [3.8, 4) is 0 Å². The van der Waals surface area contributed by atoms with Crippen LogP contribution in [-0.4, -0.2) is 9.89 Å². The van der Waals surface area contributed by atoms with Crippen LogP contribution in [0, 0.1) is 0 Å². The summed E-state index contributed by atoms with van der Waals surface area (Å²) in [6.45, 7) is 0. The lowest BCUT2D eigenvalue weighted by atomic mass is 10.4. The Bertz CT molecular complexity index is 421. The molecule has 2 nitrogen and oxygen atoms in total. The van der Waals surface area contributed by atoms with E-state index in [1.54, 1.807) is 0 Å². The quantitative estimate of drug-likeness (QED) is 0.637. The normalized spacial score (nSPS) is 12.9. The molecule has 0 unspecified atom stereocenters. The van der Waals surface area contributed by atoms with Gasteiger partial charge in [0.05, 0.1) is 4.90 Å². The number of alkyl halides is 3. The summed E-state index contributed by atoms with van der Waals surface area (Å²) in [5, 5.41) is 0.494. The Labute approximate surface area is 112 Å². The van der Waals surface area contributed by atoms with Gasteiger partial charge in [0.2, 0.25) is 11.3 Å². The molecular formula is C7H4Br3ClO2S. The smallest absolute Gasteiger partial charge is 0.220 e. The minimum atomic E-state index is -3.50. The van der Waals surface area contributed by atoms with E-state index < -0.39 is 11.3 Å². The Kier molecular flexibility index (Phi) is 4.09. The molecule has 0 N–H and O–H groups in total. The van der Waals surface area contributed by atoms with Crippen LogP contribution in [0.15, 0.2) is 29.2 Å². The second kappa shape index (κ2) is 4.41. The minimum absolute atomic E-state index is 0.174. The van der Waals surface area contributed by atoms with Crippen LogP contribution < -0.4 is 0 Å². The van der Waals surface area contributed by atoms with Gasteiger partial charge in [0.1, 0.15) is 0 Å². The molecule has 1 rings (SSSR count). The number of hydrogen-bond acceptors (Lipinski definition) is 2. The zero-order chi connectivity index (χ0) is 11.0. The van der Waals surface area contributed by atoms with Gasteiger partial charge in [-0.1, -0.05) is 11.6 Å². The Morgan fingerprint density at radius 2 is 1.50 bits per heavy atom. The topological polar surface area (TPSA) is 34.1 Å². The molecule has 0 aliphatic carbocycles. The number of sulfone groups is 1. The first-order valence-corrected chi connectivity index (χ1v) is 7.56. The molecule has 1 aromatic rings. The van der Waals surface area contributed by atoms with Gasteiger partial charge in [0.25, 0.3) is 0 Å². The molecule has 0 aliphatic rings. The van der Waals surface area contributed by atoms with E-state index in [-0.39, 0.29) is 4.90 Å². The van der Waals surface area contributed by atoms with Gasteiger partial charge < -0.3 is 0 Å². The number of hydrogen-bond donors (Lipinski definition) is 0. The summed E-state index contributed by atoms with van der Waals surface area (Å²) in [5.74, 6) is 0. The van der Waals surface area contributed by atoms with Gasteiger partial charge in [0, 0.05) is 5.02 Å². The molecule has 0 aromatic heterocycles. The third-order valence-electron chi connectivity index (χ3n) is 1.43. The summed E-state index contributed by atoms with van der Waals surface area (Å²) >= 11 is 14.5. The van der Waals surface area contributed by atoms with Crippen molar-refractivity contribution in [1.29, 1.82) is 0 Å². The van der Waals surface area contributed by atoms with E-state index in [4.69, 9.17) is 11.6 Å². The van der Waals surface area contributed by atoms with E-state index in [0.717, 1.165) is 0 Å². The molecule has 7 heteroatoms. The van der Waals surface area contributed by atoms with Gasteiger partial charge in [0.15, 0.2) is 0 Å². The standard InChI is InChI=1S/C7H4Br3ClO2S/c8-7(9,10)14(12,13)6-3-1-5(11)2-4-6/h1-4H. The van der Waals surface area contributed by atoms with Gasteiger partial charge in [-0.05, 0) is 72.1 Å². The predicted octanol–water partition coefficient (Wildman–Crippen LogP) is 3.91. The van der Waals surface area contributed by atoms with Crippen molar-refractivity contribution in [1.82, 2.24) is 0 Å². The minimum Gasteiger partial charge on any atom is -0.220 e. The highest BCUT2D eigenvalue weighted by molar-refractivity contribution is 9.42. The van der Waals surface area contributed by atoms with Crippen molar-refractivity contribution in [2.24, 2.45) is 0 Å². The van der Waals surface area contributed by atoms with Crippen LogP contribution >= 0.6 is 59.4 Å². The maximum atomic E-state index is 11.8. The van der Waals surface area contributed by atoms with Crippen LogP contribution in [0.4, 0.5) is 0 Å². The summed E-state index contributed by atoms with van der Waals surface area (Å²) in [6.07, 6.45) is 0. The zero-order valence-electron chi connectivity index (χ0n) is 6.55. The number of halogens is 4. The molecule has 0 aliphatic heterocycles. The highest BCUT2D eigenvalue weighted by atomic mass is 80.0. The highest BCUT2D eigenvalue weighted by Gasteiger charge is 2.37. The summed E-state index contributed by atoms with van der Waals surface area (Å²) in [4.78, 5) is 0.174. The average molecular weight is 427 g/mol. The van der Waals surface area contributed by atoms with Crippen molar-refractivity contribution in [3.63, 3.8) is 0 Å². The molecule has 0 spiro atoms. The summed E-state index contributed by atoms with van der Waals surface area (Å²) in [5.41, 5.74) is 0. The van der Waals surface area contributed by atoms with Crippen LogP contribution in [-0.2, 0) is 9.84 Å². The zero-order valence-corrected chi connectivity index (χ0v) is 12.9. The van der Waals surface area contributed by atoms with Gasteiger partial charge >= 0.3 is 0 Å². The van der Waals surface area contributed by atoms with Gasteiger partial charge in [-0.15, -0.1) is 0 Å². The molecule has 0 amide bonds. The molecule has 78 valence electrons. The van der Waals surface area contributed by atoms with Gasteiger partial charge in [-0.25, -0.2) is 8.42 Å². The second-order valence-electron chi connectivity index (χ2n) is 2.40. The van der Waals surface area contributed by atoms with E-state index in [1.165, 1.54) is 24.3 Å². The third-order valence-corrected chi connectivity index (χ3v) is 7.02. The molecular weight excluding hydrogens is 423 g/mol. The fraction of sp³-hybridized carbons (Fsp3) is 0.143. The van der Waals surface area contributed by atoms with E-state index in [2.05, 4.69) is 47.8 Å². The lowest BCUT2D eigenvalue weighted by Gasteiger charge is -2.13. The lowest BCUT2D eigenvalue weighted by Crippen LogP contribution is -2.17. The molecule has 0 bridgehead atoms. The van der Waals surface area contributed by atoms with Crippen LogP contribution in [0.2, 0.25) is 5.02 Å². The Morgan fingerprint density at radius 1 is 1.07 bits per heavy atom. The van der Waals surface area contributed by atoms with E-state index in [1.807, 2.05) is 0 Å². The molecule has 0 fully saturated rings. The predicted molar refractivity (Wildman–Crippen MR) is 68.1 cm³/mol. The highest BCUT2D eigenvalue weighted by Crippen LogP contribution is 2.43. The number of benzene rings is 1. The van der Waals surface area contributed by atoms with E-state index >= 15 is 0 Å². The fourth-order valence-electron chi connectivity index (χ4n) is 0.747. The summed E-state index contributed by atoms with van der Waals surface area (Å²) in [7, 11) is -3.50. The van der Waals surface area contributed by atoms with Crippen molar-refractivity contribution in [2.45, 2.75) is 6.37 Å². The Morgan fingerprint density at radius 3 is 1.86 bits per heavy atom. The molecule has 0 heterocycles. The molecule has 1 aromatic carbocycles. The maximum Gasteiger partial charge on any atom is 0.239 e. The number of rotatable bonds is 1. The third kappa shape index (κ3) is 2.72.